The number of benzene rings is 1. The van der Waals surface area contributed by atoms with Crippen molar-refractivity contribution in [1.29, 1.82) is 0 Å². The average molecular weight is 337 g/mol. The minimum atomic E-state index is -0.986. The van der Waals surface area contributed by atoms with Crippen molar-refractivity contribution in [2.24, 2.45) is 11.3 Å². The molecule has 0 bridgehead atoms. The number of rotatable bonds is 5. The number of hydrogen-bond donors (Lipinski definition) is 1. The number of halogens is 1. The van der Waals surface area contributed by atoms with E-state index in [2.05, 4.69) is 0 Å². The summed E-state index contributed by atoms with van der Waals surface area (Å²) in [7, 11) is 0. The summed E-state index contributed by atoms with van der Waals surface area (Å²) < 4.78 is 18.9. The fourth-order valence-corrected chi connectivity index (χ4v) is 3.37. The van der Waals surface area contributed by atoms with Gasteiger partial charge in [-0.1, -0.05) is 26.8 Å². The third-order valence-corrected chi connectivity index (χ3v) is 4.21. The van der Waals surface area contributed by atoms with Gasteiger partial charge in [-0.2, -0.15) is 0 Å². The van der Waals surface area contributed by atoms with Gasteiger partial charge in [0.1, 0.15) is 18.2 Å². The number of carbonyl (C=O) groups excluding carboxylic acids is 1. The Hall–Kier alpha value is -2.11. The maximum absolute atomic E-state index is 13.3. The molecule has 5 nitrogen and oxygen atoms in total. The van der Waals surface area contributed by atoms with Crippen molar-refractivity contribution in [3.05, 3.63) is 29.6 Å². The van der Waals surface area contributed by atoms with Crippen molar-refractivity contribution in [2.45, 2.75) is 40.2 Å². The van der Waals surface area contributed by atoms with Crippen LogP contribution in [0, 0.1) is 17.2 Å². The Kier molecular flexibility index (Phi) is 5.47. The van der Waals surface area contributed by atoms with E-state index in [0.29, 0.717) is 25.3 Å². The average Bonchev–Trinajstić information content (AvgIpc) is 2.66. The summed E-state index contributed by atoms with van der Waals surface area (Å²) in [5.41, 5.74) is -0.241. The molecule has 1 N–H and O–H groups in total. The van der Waals surface area contributed by atoms with E-state index < -0.39 is 11.4 Å². The van der Waals surface area contributed by atoms with Crippen molar-refractivity contribution < 1.29 is 23.8 Å². The largest absolute Gasteiger partial charge is 0.491 e. The highest BCUT2D eigenvalue weighted by atomic mass is 19.1. The zero-order valence-corrected chi connectivity index (χ0v) is 14.3. The molecule has 1 aliphatic heterocycles. The first-order chi connectivity index (χ1) is 11.2. The van der Waals surface area contributed by atoms with Crippen LogP contribution < -0.4 is 4.74 Å². The molecular formula is C18H24FNO4. The minimum absolute atomic E-state index is 0.195. The van der Waals surface area contributed by atoms with Crippen molar-refractivity contribution in [2.75, 3.05) is 13.2 Å². The van der Waals surface area contributed by atoms with Crippen LogP contribution in [0.3, 0.4) is 0 Å². The maximum Gasteiger partial charge on any atom is 0.304 e. The van der Waals surface area contributed by atoms with Crippen LogP contribution in [0.15, 0.2) is 18.2 Å². The number of fused-ring (bicyclic) bond motifs is 1. The Labute approximate surface area is 141 Å². The number of nitrogens with zero attached hydrogens (tertiary/aromatic N) is 1. The monoisotopic (exact) mass is 337 g/mol. The Balaban J connectivity index is 2.25. The molecule has 1 aromatic rings. The number of aliphatic carboxylic acids is 1. The quantitative estimate of drug-likeness (QED) is 0.897. The Bertz CT molecular complexity index is 631. The zero-order chi connectivity index (χ0) is 17.9. The molecule has 1 unspecified atom stereocenters. The number of ether oxygens (including phenoxy) is 1. The molecular weight excluding hydrogens is 313 g/mol. The Morgan fingerprint density at radius 3 is 2.75 bits per heavy atom. The van der Waals surface area contributed by atoms with E-state index in [-0.39, 0.29) is 30.7 Å². The summed E-state index contributed by atoms with van der Waals surface area (Å²) in [6.45, 7) is 6.55. The van der Waals surface area contributed by atoms with Crippen LogP contribution in [-0.2, 0) is 16.1 Å². The molecule has 1 aromatic carbocycles. The van der Waals surface area contributed by atoms with E-state index in [1.165, 1.54) is 12.1 Å². The molecule has 0 fully saturated rings. The van der Waals surface area contributed by atoms with Crippen molar-refractivity contribution in [3.8, 4) is 5.75 Å². The molecule has 0 spiro atoms. The molecule has 0 aromatic heterocycles. The van der Waals surface area contributed by atoms with Gasteiger partial charge in [0.25, 0.3) is 0 Å². The van der Waals surface area contributed by atoms with Gasteiger partial charge < -0.3 is 14.7 Å². The molecule has 132 valence electrons. The normalized spacial score (nSPS) is 16.8. The number of carboxylic acid groups (broad SMARTS) is 1. The second kappa shape index (κ2) is 7.20. The molecule has 0 saturated carbocycles. The van der Waals surface area contributed by atoms with Gasteiger partial charge in [0.2, 0.25) is 5.91 Å². The molecule has 2 rings (SSSR count). The third-order valence-electron chi connectivity index (χ3n) is 4.21. The maximum atomic E-state index is 13.3. The third kappa shape index (κ3) is 4.24. The topological polar surface area (TPSA) is 66.8 Å². The van der Waals surface area contributed by atoms with Gasteiger partial charge in [-0.25, -0.2) is 4.39 Å². The SMILES string of the molecule is CC(C)CC(C)(CC(=O)O)C(=O)N1CCOc2cc(F)ccc2C1. The van der Waals surface area contributed by atoms with Crippen LogP contribution in [0.25, 0.3) is 0 Å². The lowest BCUT2D eigenvalue weighted by molar-refractivity contribution is -0.151. The van der Waals surface area contributed by atoms with Gasteiger partial charge in [-0.05, 0) is 18.4 Å². The molecule has 1 amide bonds. The highest BCUT2D eigenvalue weighted by molar-refractivity contribution is 5.86. The first-order valence-electron chi connectivity index (χ1n) is 8.13. The van der Waals surface area contributed by atoms with Crippen LogP contribution in [0.5, 0.6) is 5.75 Å². The Morgan fingerprint density at radius 2 is 2.12 bits per heavy atom. The molecule has 0 radical (unpaired) electrons. The van der Waals surface area contributed by atoms with Crippen molar-refractivity contribution in [1.82, 2.24) is 4.90 Å². The van der Waals surface area contributed by atoms with Crippen molar-refractivity contribution >= 4 is 11.9 Å². The second-order valence-corrected chi connectivity index (χ2v) is 7.06. The lowest BCUT2D eigenvalue weighted by atomic mass is 9.77. The molecule has 0 saturated heterocycles. The summed E-state index contributed by atoms with van der Waals surface area (Å²) in [6, 6.07) is 4.25. The number of carbonyl (C=O) groups is 2. The van der Waals surface area contributed by atoms with E-state index in [1.807, 2.05) is 13.8 Å². The standard InChI is InChI=1S/C18H24FNO4/c1-12(2)9-18(3,10-16(21)22)17(23)20-6-7-24-15-8-14(19)5-4-13(15)11-20/h4-5,8,12H,6-7,9-11H2,1-3H3,(H,21,22). The first-order valence-corrected chi connectivity index (χ1v) is 8.13. The summed E-state index contributed by atoms with van der Waals surface area (Å²) >= 11 is 0. The van der Waals surface area contributed by atoms with Gasteiger partial charge in [0.15, 0.2) is 0 Å². The molecule has 6 heteroatoms. The molecule has 0 aliphatic carbocycles. The number of amides is 1. The smallest absolute Gasteiger partial charge is 0.304 e. The fourth-order valence-electron chi connectivity index (χ4n) is 3.37. The summed E-state index contributed by atoms with van der Waals surface area (Å²) in [5.74, 6) is -0.930. The van der Waals surface area contributed by atoms with Gasteiger partial charge >= 0.3 is 5.97 Å². The lowest BCUT2D eigenvalue weighted by Crippen LogP contribution is -2.44. The fraction of sp³-hybridized carbons (Fsp3) is 0.556. The number of hydrogen-bond acceptors (Lipinski definition) is 3. The molecule has 1 aliphatic rings. The molecule has 1 atom stereocenters. The van der Waals surface area contributed by atoms with E-state index in [9.17, 15) is 19.1 Å². The van der Waals surface area contributed by atoms with Crippen LogP contribution in [0.4, 0.5) is 4.39 Å². The van der Waals surface area contributed by atoms with Gasteiger partial charge in [0, 0.05) is 18.2 Å². The van der Waals surface area contributed by atoms with Gasteiger partial charge in [-0.3, -0.25) is 9.59 Å². The van der Waals surface area contributed by atoms with E-state index in [4.69, 9.17) is 4.74 Å². The zero-order valence-electron chi connectivity index (χ0n) is 14.3. The lowest BCUT2D eigenvalue weighted by Gasteiger charge is -2.34. The van der Waals surface area contributed by atoms with Gasteiger partial charge in [-0.15, -0.1) is 0 Å². The first kappa shape index (κ1) is 18.2. The van der Waals surface area contributed by atoms with E-state index in [0.717, 1.165) is 5.56 Å². The van der Waals surface area contributed by atoms with Crippen LogP contribution >= 0.6 is 0 Å². The van der Waals surface area contributed by atoms with Crippen LogP contribution in [0.1, 0.15) is 39.2 Å². The highest BCUT2D eigenvalue weighted by Crippen LogP contribution is 2.34. The second-order valence-electron chi connectivity index (χ2n) is 7.06. The summed E-state index contributed by atoms with van der Waals surface area (Å²) in [6.07, 6.45) is 0.281. The predicted octanol–water partition coefficient (Wildman–Crippen LogP) is 3.07. The van der Waals surface area contributed by atoms with Crippen molar-refractivity contribution in [3.63, 3.8) is 0 Å². The number of carboxylic acids is 1. The van der Waals surface area contributed by atoms with E-state index in [1.54, 1.807) is 17.9 Å². The minimum Gasteiger partial charge on any atom is -0.491 e. The summed E-state index contributed by atoms with van der Waals surface area (Å²) in [4.78, 5) is 25.9. The molecule has 24 heavy (non-hydrogen) atoms. The predicted molar refractivity (Wildman–Crippen MR) is 87.1 cm³/mol. The highest BCUT2D eigenvalue weighted by Gasteiger charge is 2.39. The van der Waals surface area contributed by atoms with Crippen LogP contribution in [0.2, 0.25) is 0 Å². The Morgan fingerprint density at radius 1 is 1.42 bits per heavy atom. The van der Waals surface area contributed by atoms with Crippen LogP contribution in [-0.4, -0.2) is 35.0 Å². The van der Waals surface area contributed by atoms with E-state index >= 15 is 0 Å². The summed E-state index contributed by atoms with van der Waals surface area (Å²) in [5, 5.41) is 9.22. The molecule has 1 heterocycles. The van der Waals surface area contributed by atoms with Gasteiger partial charge in [0.05, 0.1) is 18.4 Å².